The van der Waals surface area contributed by atoms with Crippen LogP contribution in [0.1, 0.15) is 30.4 Å². The molecule has 2 N–H and O–H groups in total. The van der Waals surface area contributed by atoms with E-state index in [1.165, 1.54) is 0 Å². The van der Waals surface area contributed by atoms with Gasteiger partial charge in [0.25, 0.3) is 0 Å². The lowest BCUT2D eigenvalue weighted by Crippen LogP contribution is -2.25. The van der Waals surface area contributed by atoms with Crippen LogP contribution < -0.4 is 5.32 Å². The zero-order chi connectivity index (χ0) is 10.3. The highest BCUT2D eigenvalue weighted by molar-refractivity contribution is 5.07. The van der Waals surface area contributed by atoms with Gasteiger partial charge < -0.3 is 15.0 Å². The third kappa shape index (κ3) is 1.55. The number of fused-ring (bicyclic) bond motifs is 1. The maximum Gasteiger partial charge on any atom is 0.137 e. The first kappa shape index (κ1) is 9.30. The maximum atomic E-state index is 9.54. The second-order valence-corrected chi connectivity index (χ2v) is 4.46. The number of aliphatic hydroxyl groups is 1. The smallest absolute Gasteiger partial charge is 0.137 e. The Morgan fingerprint density at radius 2 is 2.27 bits per heavy atom. The number of hydrogen-bond donors (Lipinski definition) is 2. The lowest BCUT2D eigenvalue weighted by Gasteiger charge is -2.20. The van der Waals surface area contributed by atoms with E-state index >= 15 is 0 Å². The molecule has 1 aromatic rings. The largest absolute Gasteiger partial charge is 0.393 e. The topological polar surface area (TPSA) is 63.0 Å². The molecule has 0 amide bonds. The predicted molar refractivity (Wildman–Crippen MR) is 54.6 cm³/mol. The lowest BCUT2D eigenvalue weighted by atomic mass is 10.1. The zero-order valence-electron chi connectivity index (χ0n) is 8.69. The Bertz CT molecular complexity index is 356. The quantitative estimate of drug-likeness (QED) is 0.663. The summed E-state index contributed by atoms with van der Waals surface area (Å²) in [6.45, 7) is 2.96. The summed E-state index contributed by atoms with van der Waals surface area (Å²) in [5.74, 6) is 2.58. The molecule has 5 heteroatoms. The Balaban J connectivity index is 1.90. The molecule has 3 heterocycles. The predicted octanol–water partition coefficient (Wildman–Crippen LogP) is -0.338. The van der Waals surface area contributed by atoms with E-state index in [9.17, 15) is 5.11 Å². The average Bonchev–Trinajstić information content (AvgIpc) is 2.82. The fourth-order valence-corrected chi connectivity index (χ4v) is 2.51. The highest BCUT2D eigenvalue weighted by Gasteiger charge is 2.27. The summed E-state index contributed by atoms with van der Waals surface area (Å²) in [5, 5.41) is 21.3. The molecule has 1 saturated heterocycles. The molecule has 82 valence electrons. The third-order valence-corrected chi connectivity index (χ3v) is 3.39. The van der Waals surface area contributed by atoms with Crippen molar-refractivity contribution in [2.75, 3.05) is 13.1 Å². The monoisotopic (exact) mass is 208 g/mol. The molecule has 2 atom stereocenters. The molecule has 2 aliphatic heterocycles. The van der Waals surface area contributed by atoms with Gasteiger partial charge in [0, 0.05) is 25.4 Å². The van der Waals surface area contributed by atoms with Crippen LogP contribution in [-0.4, -0.2) is 39.1 Å². The van der Waals surface area contributed by atoms with Gasteiger partial charge in [-0.3, -0.25) is 0 Å². The van der Waals surface area contributed by atoms with Crippen molar-refractivity contribution in [2.24, 2.45) is 0 Å². The van der Waals surface area contributed by atoms with Crippen LogP contribution in [0.15, 0.2) is 0 Å². The molecule has 0 bridgehead atoms. The van der Waals surface area contributed by atoms with Crippen molar-refractivity contribution in [3.05, 3.63) is 11.6 Å². The molecular weight excluding hydrogens is 192 g/mol. The van der Waals surface area contributed by atoms with Crippen molar-refractivity contribution in [1.82, 2.24) is 20.1 Å². The minimum absolute atomic E-state index is 0.226. The number of aromatic nitrogens is 3. The summed E-state index contributed by atoms with van der Waals surface area (Å²) >= 11 is 0. The summed E-state index contributed by atoms with van der Waals surface area (Å²) in [4.78, 5) is 0. The summed E-state index contributed by atoms with van der Waals surface area (Å²) in [6, 6.07) is 0. The Morgan fingerprint density at radius 1 is 1.33 bits per heavy atom. The molecule has 0 spiro atoms. The molecular formula is C10H16N4O. The minimum atomic E-state index is -0.226. The second-order valence-electron chi connectivity index (χ2n) is 4.46. The number of hydrogen-bond acceptors (Lipinski definition) is 4. The van der Waals surface area contributed by atoms with Crippen molar-refractivity contribution in [2.45, 2.75) is 37.8 Å². The SMILES string of the molecule is OC1CCn2c(nnc2C2CCNC2)C1. The van der Waals surface area contributed by atoms with E-state index in [-0.39, 0.29) is 6.10 Å². The first-order valence-electron chi connectivity index (χ1n) is 5.65. The fraction of sp³-hybridized carbons (Fsp3) is 0.800. The molecule has 1 fully saturated rings. The number of rotatable bonds is 1. The van der Waals surface area contributed by atoms with E-state index in [2.05, 4.69) is 20.1 Å². The van der Waals surface area contributed by atoms with Crippen LogP contribution in [0.5, 0.6) is 0 Å². The summed E-state index contributed by atoms with van der Waals surface area (Å²) in [6.07, 6.45) is 2.42. The van der Waals surface area contributed by atoms with E-state index in [0.29, 0.717) is 12.3 Å². The van der Waals surface area contributed by atoms with Gasteiger partial charge in [-0.2, -0.15) is 0 Å². The average molecular weight is 208 g/mol. The van der Waals surface area contributed by atoms with E-state index in [4.69, 9.17) is 0 Å². The highest BCUT2D eigenvalue weighted by atomic mass is 16.3. The van der Waals surface area contributed by atoms with E-state index in [0.717, 1.165) is 44.1 Å². The van der Waals surface area contributed by atoms with Crippen molar-refractivity contribution < 1.29 is 5.11 Å². The minimum Gasteiger partial charge on any atom is -0.393 e. The molecule has 15 heavy (non-hydrogen) atoms. The second kappa shape index (κ2) is 3.57. The maximum absolute atomic E-state index is 9.54. The zero-order valence-corrected chi connectivity index (χ0v) is 8.69. The van der Waals surface area contributed by atoms with Crippen LogP contribution in [0.25, 0.3) is 0 Å². The third-order valence-electron chi connectivity index (χ3n) is 3.39. The number of aliphatic hydroxyl groups excluding tert-OH is 1. The molecule has 2 unspecified atom stereocenters. The van der Waals surface area contributed by atoms with Crippen LogP contribution in [-0.2, 0) is 13.0 Å². The Kier molecular flexibility index (Phi) is 2.21. The van der Waals surface area contributed by atoms with E-state index in [1.54, 1.807) is 0 Å². The highest BCUT2D eigenvalue weighted by Crippen LogP contribution is 2.24. The summed E-state index contributed by atoms with van der Waals surface area (Å²) in [7, 11) is 0. The molecule has 0 radical (unpaired) electrons. The molecule has 2 aliphatic rings. The molecule has 0 aliphatic carbocycles. The van der Waals surface area contributed by atoms with Gasteiger partial charge in [0.05, 0.1) is 6.10 Å². The van der Waals surface area contributed by atoms with Gasteiger partial charge >= 0.3 is 0 Å². The van der Waals surface area contributed by atoms with Crippen molar-refractivity contribution >= 4 is 0 Å². The van der Waals surface area contributed by atoms with Crippen LogP contribution in [0.4, 0.5) is 0 Å². The van der Waals surface area contributed by atoms with Gasteiger partial charge in [-0.25, -0.2) is 0 Å². The van der Waals surface area contributed by atoms with Crippen molar-refractivity contribution in [3.63, 3.8) is 0 Å². The van der Waals surface area contributed by atoms with Gasteiger partial charge in [-0.15, -0.1) is 10.2 Å². The van der Waals surface area contributed by atoms with Crippen LogP contribution in [0, 0.1) is 0 Å². The van der Waals surface area contributed by atoms with Crippen molar-refractivity contribution in [1.29, 1.82) is 0 Å². The summed E-state index contributed by atoms with van der Waals surface area (Å²) in [5.41, 5.74) is 0. The van der Waals surface area contributed by atoms with Gasteiger partial charge in [-0.1, -0.05) is 0 Å². The number of nitrogens with zero attached hydrogens (tertiary/aromatic N) is 3. The van der Waals surface area contributed by atoms with Gasteiger partial charge in [0.2, 0.25) is 0 Å². The number of nitrogens with one attached hydrogen (secondary N) is 1. The van der Waals surface area contributed by atoms with Crippen molar-refractivity contribution in [3.8, 4) is 0 Å². The van der Waals surface area contributed by atoms with Gasteiger partial charge in [-0.05, 0) is 19.4 Å². The molecule has 3 rings (SSSR count). The molecule has 0 aromatic carbocycles. The Labute approximate surface area is 88.5 Å². The normalized spacial score (nSPS) is 30.5. The Morgan fingerprint density at radius 3 is 3.07 bits per heavy atom. The molecule has 1 aromatic heterocycles. The lowest BCUT2D eigenvalue weighted by molar-refractivity contribution is 0.140. The van der Waals surface area contributed by atoms with Gasteiger partial charge in [0.1, 0.15) is 11.6 Å². The van der Waals surface area contributed by atoms with Gasteiger partial charge in [0.15, 0.2) is 0 Å². The Hall–Kier alpha value is -0.940. The van der Waals surface area contributed by atoms with Crippen LogP contribution in [0.3, 0.4) is 0 Å². The van der Waals surface area contributed by atoms with E-state index < -0.39 is 0 Å². The summed E-state index contributed by atoms with van der Waals surface area (Å²) < 4.78 is 2.20. The van der Waals surface area contributed by atoms with Crippen LogP contribution >= 0.6 is 0 Å². The van der Waals surface area contributed by atoms with E-state index in [1.807, 2.05) is 0 Å². The molecule has 5 nitrogen and oxygen atoms in total. The first-order chi connectivity index (χ1) is 7.34. The fourth-order valence-electron chi connectivity index (χ4n) is 2.51. The molecule has 0 saturated carbocycles. The van der Waals surface area contributed by atoms with Crippen LogP contribution in [0.2, 0.25) is 0 Å². The first-order valence-corrected chi connectivity index (χ1v) is 5.65. The standard InChI is InChI=1S/C10H16N4O/c15-8-2-4-14-9(5-8)12-13-10(14)7-1-3-11-6-7/h7-8,11,15H,1-6H2.